The molecule has 1 aliphatic rings. The van der Waals surface area contributed by atoms with Gasteiger partial charge in [0.05, 0.1) is 7.11 Å². The van der Waals surface area contributed by atoms with Crippen molar-refractivity contribution in [2.24, 2.45) is 5.10 Å². The number of nitrogens with one attached hydrogen (secondary N) is 1. The van der Waals surface area contributed by atoms with E-state index < -0.39 is 0 Å². The first-order valence-corrected chi connectivity index (χ1v) is 9.39. The van der Waals surface area contributed by atoms with Crippen molar-refractivity contribution in [3.05, 3.63) is 58.7 Å². The minimum atomic E-state index is -0.155. The van der Waals surface area contributed by atoms with Crippen molar-refractivity contribution in [1.82, 2.24) is 9.91 Å². The number of aryl methyl sites for hydroxylation is 2. The van der Waals surface area contributed by atoms with Crippen molar-refractivity contribution in [3.63, 3.8) is 0 Å². The lowest BCUT2D eigenvalue weighted by atomic mass is 9.99. The predicted molar refractivity (Wildman–Crippen MR) is 113 cm³/mol. The third-order valence-corrected chi connectivity index (χ3v) is 5.05. The van der Waals surface area contributed by atoms with Crippen LogP contribution in [0.3, 0.4) is 0 Å². The summed E-state index contributed by atoms with van der Waals surface area (Å²) < 4.78 is 5.56. The molecular formula is C22H28N4O2. The molecule has 1 atom stereocenters. The summed E-state index contributed by atoms with van der Waals surface area (Å²) in [5.41, 5.74) is 5.30. The van der Waals surface area contributed by atoms with E-state index in [4.69, 9.17) is 4.74 Å². The molecule has 0 aliphatic carbocycles. The number of rotatable bonds is 5. The minimum Gasteiger partial charge on any atom is -0.496 e. The predicted octanol–water partition coefficient (Wildman–Crippen LogP) is 3.99. The highest BCUT2D eigenvalue weighted by Crippen LogP contribution is 2.31. The molecular weight excluding hydrogens is 352 g/mol. The Bertz CT molecular complexity index is 894. The zero-order chi connectivity index (χ0) is 20.3. The molecule has 1 heterocycles. The van der Waals surface area contributed by atoms with Crippen LogP contribution in [0.25, 0.3) is 0 Å². The van der Waals surface area contributed by atoms with Crippen LogP contribution >= 0.6 is 0 Å². The van der Waals surface area contributed by atoms with Crippen molar-refractivity contribution in [1.29, 1.82) is 0 Å². The molecule has 0 radical (unpaired) electrons. The summed E-state index contributed by atoms with van der Waals surface area (Å²) in [7, 11) is 5.39. The Hall–Kier alpha value is -3.02. The van der Waals surface area contributed by atoms with E-state index in [2.05, 4.69) is 42.5 Å². The largest absolute Gasteiger partial charge is 0.496 e. The van der Waals surface area contributed by atoms with E-state index in [1.165, 1.54) is 11.1 Å². The maximum atomic E-state index is 12.6. The Morgan fingerprint density at radius 2 is 2.07 bits per heavy atom. The Kier molecular flexibility index (Phi) is 5.87. The third-order valence-electron chi connectivity index (χ3n) is 5.05. The number of likely N-dealkylation sites (N-methyl/N-ethyl adjacent to an activating group) is 1. The normalized spacial score (nSPS) is 15.6. The highest BCUT2D eigenvalue weighted by Gasteiger charge is 2.21. The quantitative estimate of drug-likeness (QED) is 0.853. The number of carbonyl (C=O) groups is 1. The molecule has 6 nitrogen and oxygen atoms in total. The van der Waals surface area contributed by atoms with Gasteiger partial charge in [0.1, 0.15) is 5.75 Å². The SMILES string of the molecule is COc1cc(NC(=O)N(C)Cc2cc(C)ccc2C)ccc1C1C=NN(C)C1. The first-order chi connectivity index (χ1) is 13.4. The Morgan fingerprint density at radius 3 is 2.75 bits per heavy atom. The number of benzene rings is 2. The molecule has 148 valence electrons. The Labute approximate surface area is 166 Å². The second-order valence-corrected chi connectivity index (χ2v) is 7.38. The van der Waals surface area contributed by atoms with Crippen LogP contribution in [0.15, 0.2) is 41.5 Å². The van der Waals surface area contributed by atoms with Gasteiger partial charge in [-0.15, -0.1) is 0 Å². The highest BCUT2D eigenvalue weighted by atomic mass is 16.5. The molecule has 0 saturated carbocycles. The molecule has 0 spiro atoms. The number of nitrogens with zero attached hydrogens (tertiary/aromatic N) is 3. The summed E-state index contributed by atoms with van der Waals surface area (Å²) in [4.78, 5) is 14.3. The minimum absolute atomic E-state index is 0.155. The molecule has 1 N–H and O–H groups in total. The van der Waals surface area contributed by atoms with Crippen LogP contribution in [0.1, 0.15) is 28.2 Å². The van der Waals surface area contributed by atoms with Crippen molar-refractivity contribution in [2.75, 3.05) is 33.1 Å². The fraction of sp³-hybridized carbons (Fsp3) is 0.364. The van der Waals surface area contributed by atoms with Gasteiger partial charge < -0.3 is 15.0 Å². The fourth-order valence-corrected chi connectivity index (χ4v) is 3.36. The lowest BCUT2D eigenvalue weighted by Crippen LogP contribution is -2.31. The average Bonchev–Trinajstić information content (AvgIpc) is 3.10. The zero-order valence-corrected chi connectivity index (χ0v) is 17.2. The summed E-state index contributed by atoms with van der Waals surface area (Å²) in [5, 5.41) is 9.16. The van der Waals surface area contributed by atoms with Gasteiger partial charge in [0.25, 0.3) is 0 Å². The average molecular weight is 380 g/mol. The van der Waals surface area contributed by atoms with Crippen LogP contribution in [0, 0.1) is 13.8 Å². The molecule has 28 heavy (non-hydrogen) atoms. The molecule has 0 saturated heterocycles. The van der Waals surface area contributed by atoms with Gasteiger partial charge in [0.2, 0.25) is 0 Å². The van der Waals surface area contributed by atoms with Gasteiger partial charge in [-0.05, 0) is 31.0 Å². The number of urea groups is 1. The van der Waals surface area contributed by atoms with E-state index in [1.807, 2.05) is 36.5 Å². The summed E-state index contributed by atoms with van der Waals surface area (Å²) in [6.07, 6.45) is 1.92. The number of anilines is 1. The summed E-state index contributed by atoms with van der Waals surface area (Å²) in [5.74, 6) is 0.943. The molecule has 0 aromatic heterocycles. The van der Waals surface area contributed by atoms with Crippen LogP contribution < -0.4 is 10.1 Å². The topological polar surface area (TPSA) is 57.2 Å². The standard InChI is InChI=1S/C22H28N4O2/c1-15-6-7-16(2)17(10-15)13-25(3)22(27)24-19-8-9-20(21(11-19)28-5)18-12-23-26(4)14-18/h6-12,18H,13-14H2,1-5H3,(H,24,27). The van der Waals surface area contributed by atoms with Crippen LogP contribution in [0.4, 0.5) is 10.5 Å². The van der Waals surface area contributed by atoms with E-state index in [1.54, 1.807) is 19.1 Å². The van der Waals surface area contributed by atoms with E-state index in [0.29, 0.717) is 12.2 Å². The van der Waals surface area contributed by atoms with Crippen molar-refractivity contribution >= 4 is 17.9 Å². The van der Waals surface area contributed by atoms with E-state index >= 15 is 0 Å². The van der Waals surface area contributed by atoms with Gasteiger partial charge in [-0.1, -0.05) is 29.8 Å². The monoisotopic (exact) mass is 380 g/mol. The van der Waals surface area contributed by atoms with E-state index in [-0.39, 0.29) is 11.9 Å². The van der Waals surface area contributed by atoms with E-state index in [9.17, 15) is 4.79 Å². The summed E-state index contributed by atoms with van der Waals surface area (Å²) in [6, 6.07) is 11.9. The number of ether oxygens (including phenoxy) is 1. The lowest BCUT2D eigenvalue weighted by molar-refractivity contribution is 0.220. The Morgan fingerprint density at radius 1 is 1.29 bits per heavy atom. The number of hydrogen-bond donors (Lipinski definition) is 1. The van der Waals surface area contributed by atoms with Gasteiger partial charge in [-0.3, -0.25) is 5.01 Å². The second-order valence-electron chi connectivity index (χ2n) is 7.38. The number of hydrogen-bond acceptors (Lipinski definition) is 4. The molecule has 2 amide bonds. The third kappa shape index (κ3) is 4.44. The Balaban J connectivity index is 1.69. The zero-order valence-electron chi connectivity index (χ0n) is 17.2. The molecule has 2 aromatic rings. The maximum Gasteiger partial charge on any atom is 0.321 e. The molecule has 1 unspecified atom stereocenters. The number of hydrazone groups is 1. The second kappa shape index (κ2) is 8.33. The highest BCUT2D eigenvalue weighted by molar-refractivity contribution is 5.89. The van der Waals surface area contributed by atoms with Crippen molar-refractivity contribution in [2.45, 2.75) is 26.3 Å². The van der Waals surface area contributed by atoms with Crippen molar-refractivity contribution in [3.8, 4) is 5.75 Å². The van der Waals surface area contributed by atoms with Crippen LogP contribution in [0.2, 0.25) is 0 Å². The van der Waals surface area contributed by atoms with Gasteiger partial charge in [0.15, 0.2) is 0 Å². The van der Waals surface area contributed by atoms with Gasteiger partial charge in [-0.25, -0.2) is 4.79 Å². The van der Waals surface area contributed by atoms with E-state index in [0.717, 1.165) is 23.4 Å². The first-order valence-electron chi connectivity index (χ1n) is 9.39. The van der Waals surface area contributed by atoms with Gasteiger partial charge in [-0.2, -0.15) is 5.10 Å². The maximum absolute atomic E-state index is 12.6. The molecule has 0 fully saturated rings. The van der Waals surface area contributed by atoms with Gasteiger partial charge >= 0.3 is 6.03 Å². The van der Waals surface area contributed by atoms with Crippen LogP contribution in [0.5, 0.6) is 5.75 Å². The molecule has 6 heteroatoms. The molecule has 0 bridgehead atoms. The molecule has 1 aliphatic heterocycles. The number of carbonyl (C=O) groups excluding carboxylic acids is 1. The van der Waals surface area contributed by atoms with Crippen LogP contribution in [-0.2, 0) is 6.54 Å². The number of methoxy groups -OCH3 is 1. The summed E-state index contributed by atoms with van der Waals surface area (Å²) >= 11 is 0. The first kappa shape index (κ1) is 19.7. The van der Waals surface area contributed by atoms with Crippen LogP contribution in [-0.4, -0.2) is 49.9 Å². The van der Waals surface area contributed by atoms with Crippen molar-refractivity contribution < 1.29 is 9.53 Å². The van der Waals surface area contributed by atoms with Gasteiger partial charge in [0, 0.05) is 56.6 Å². The molecule has 2 aromatic carbocycles. The molecule has 3 rings (SSSR count). The lowest BCUT2D eigenvalue weighted by Gasteiger charge is -2.20. The summed E-state index contributed by atoms with van der Waals surface area (Å²) in [6.45, 7) is 5.50. The fourth-order valence-electron chi connectivity index (χ4n) is 3.36. The number of amides is 2. The smallest absolute Gasteiger partial charge is 0.321 e.